The van der Waals surface area contributed by atoms with Crippen LogP contribution in [0.15, 0.2) is 18.2 Å². The van der Waals surface area contributed by atoms with Crippen molar-refractivity contribution in [1.29, 1.82) is 0 Å². The Kier molecular flexibility index (Phi) is 8.73. The van der Waals surface area contributed by atoms with Gasteiger partial charge in [0, 0.05) is 44.5 Å². The van der Waals surface area contributed by atoms with Crippen LogP contribution in [0.3, 0.4) is 0 Å². The van der Waals surface area contributed by atoms with Crippen molar-refractivity contribution in [1.82, 2.24) is 5.32 Å². The van der Waals surface area contributed by atoms with Crippen molar-refractivity contribution in [3.8, 4) is 0 Å². The van der Waals surface area contributed by atoms with Crippen molar-refractivity contribution >= 4 is 17.4 Å². The third kappa shape index (κ3) is 5.85. The lowest BCUT2D eigenvalue weighted by Gasteiger charge is -2.29. The number of rotatable bonds is 10. The molecule has 0 radical (unpaired) electrons. The number of anilines is 1. The first-order valence-corrected chi connectivity index (χ1v) is 8.70. The van der Waals surface area contributed by atoms with Gasteiger partial charge in [-0.3, -0.25) is 0 Å². The molecule has 1 rings (SSSR count). The molecule has 3 nitrogen and oxygen atoms in total. The van der Waals surface area contributed by atoms with Gasteiger partial charge in [0.15, 0.2) is 0 Å². The highest BCUT2D eigenvalue weighted by molar-refractivity contribution is 7.98. The van der Waals surface area contributed by atoms with Gasteiger partial charge in [-0.2, -0.15) is 11.8 Å². The Balaban J connectivity index is 2.77. The van der Waals surface area contributed by atoms with Gasteiger partial charge in [-0.25, -0.2) is 4.39 Å². The highest BCUT2D eigenvalue weighted by Gasteiger charge is 2.15. The molecule has 0 aliphatic heterocycles. The molecular formula is C16H27FN2OS. The standard InChI is InChI=1S/C16H27FN2OS/c1-13(8-11-21-4)19(2)16-7-5-6-15(17)14(16)12-18-9-10-20-3/h5-7,13,18H,8-12H2,1-4H3. The van der Waals surface area contributed by atoms with Crippen LogP contribution in [-0.4, -0.2) is 45.4 Å². The summed E-state index contributed by atoms with van der Waals surface area (Å²) in [6.45, 7) is 4.05. The first kappa shape index (κ1) is 18.3. The van der Waals surface area contributed by atoms with Crippen LogP contribution >= 0.6 is 11.8 Å². The Labute approximate surface area is 132 Å². The van der Waals surface area contributed by atoms with Crippen molar-refractivity contribution in [3.05, 3.63) is 29.6 Å². The molecule has 0 saturated carbocycles. The largest absolute Gasteiger partial charge is 0.383 e. The van der Waals surface area contributed by atoms with Crippen molar-refractivity contribution in [2.45, 2.75) is 25.9 Å². The van der Waals surface area contributed by atoms with Gasteiger partial charge < -0.3 is 15.0 Å². The zero-order chi connectivity index (χ0) is 15.7. The number of thioether (sulfide) groups is 1. The Morgan fingerprint density at radius 3 is 2.86 bits per heavy atom. The molecule has 0 spiro atoms. The third-order valence-corrected chi connectivity index (χ3v) is 4.30. The Morgan fingerprint density at radius 1 is 1.43 bits per heavy atom. The molecule has 21 heavy (non-hydrogen) atoms. The monoisotopic (exact) mass is 314 g/mol. The van der Waals surface area contributed by atoms with Gasteiger partial charge in [-0.15, -0.1) is 0 Å². The second kappa shape index (κ2) is 10.0. The summed E-state index contributed by atoms with van der Waals surface area (Å²) in [7, 11) is 3.70. The predicted octanol–water partition coefficient (Wildman–Crippen LogP) is 3.14. The molecule has 5 heteroatoms. The summed E-state index contributed by atoms with van der Waals surface area (Å²) in [5.41, 5.74) is 1.70. The number of hydrogen-bond acceptors (Lipinski definition) is 4. The first-order valence-electron chi connectivity index (χ1n) is 7.30. The number of halogens is 1. The molecule has 0 aliphatic rings. The fraction of sp³-hybridized carbons (Fsp3) is 0.625. The Morgan fingerprint density at radius 2 is 2.19 bits per heavy atom. The van der Waals surface area contributed by atoms with Gasteiger partial charge in [0.2, 0.25) is 0 Å². The summed E-state index contributed by atoms with van der Waals surface area (Å²) < 4.78 is 19.1. The molecule has 0 heterocycles. The van der Waals surface area contributed by atoms with E-state index in [1.54, 1.807) is 13.2 Å². The maximum atomic E-state index is 14.1. The van der Waals surface area contributed by atoms with E-state index in [2.05, 4.69) is 23.4 Å². The van der Waals surface area contributed by atoms with Gasteiger partial charge in [-0.1, -0.05) is 6.07 Å². The van der Waals surface area contributed by atoms with E-state index >= 15 is 0 Å². The summed E-state index contributed by atoms with van der Waals surface area (Å²) in [6, 6.07) is 5.68. The second-order valence-corrected chi connectivity index (χ2v) is 6.13. The molecule has 1 N–H and O–H groups in total. The minimum Gasteiger partial charge on any atom is -0.383 e. The van der Waals surface area contributed by atoms with E-state index < -0.39 is 0 Å². The average Bonchev–Trinajstić information content (AvgIpc) is 2.49. The smallest absolute Gasteiger partial charge is 0.129 e. The fourth-order valence-electron chi connectivity index (χ4n) is 2.16. The number of nitrogens with zero attached hydrogens (tertiary/aromatic N) is 1. The van der Waals surface area contributed by atoms with Gasteiger partial charge in [0.05, 0.1) is 6.61 Å². The molecule has 0 saturated heterocycles. The number of ether oxygens (including phenoxy) is 1. The van der Waals surface area contributed by atoms with Crippen LogP contribution in [0.5, 0.6) is 0 Å². The van der Waals surface area contributed by atoms with Gasteiger partial charge in [0.25, 0.3) is 0 Å². The maximum Gasteiger partial charge on any atom is 0.129 e. The van der Waals surface area contributed by atoms with Crippen molar-refractivity contribution < 1.29 is 9.13 Å². The van der Waals surface area contributed by atoms with Crippen LogP contribution in [0.25, 0.3) is 0 Å². The zero-order valence-corrected chi connectivity index (χ0v) is 14.3. The summed E-state index contributed by atoms with van der Waals surface area (Å²) in [5, 5.41) is 3.23. The average molecular weight is 314 g/mol. The number of hydrogen-bond donors (Lipinski definition) is 1. The van der Waals surface area contributed by atoms with E-state index in [9.17, 15) is 4.39 Å². The van der Waals surface area contributed by atoms with E-state index in [1.807, 2.05) is 24.9 Å². The first-order chi connectivity index (χ1) is 10.1. The number of methoxy groups -OCH3 is 1. The highest BCUT2D eigenvalue weighted by Crippen LogP contribution is 2.25. The molecule has 120 valence electrons. The second-order valence-electron chi connectivity index (χ2n) is 5.15. The van der Waals surface area contributed by atoms with E-state index in [0.717, 1.165) is 30.0 Å². The van der Waals surface area contributed by atoms with Crippen LogP contribution in [0.1, 0.15) is 18.9 Å². The fourth-order valence-corrected chi connectivity index (χ4v) is 2.74. The number of benzene rings is 1. The summed E-state index contributed by atoms with van der Waals surface area (Å²) in [4.78, 5) is 2.17. The minimum absolute atomic E-state index is 0.152. The van der Waals surface area contributed by atoms with Crippen LogP contribution in [-0.2, 0) is 11.3 Å². The quantitative estimate of drug-likeness (QED) is 0.671. The normalized spacial score (nSPS) is 12.4. The van der Waals surface area contributed by atoms with Crippen molar-refractivity contribution in [2.75, 3.05) is 44.2 Å². The number of nitrogens with one attached hydrogen (secondary N) is 1. The van der Waals surface area contributed by atoms with E-state index in [4.69, 9.17) is 4.74 Å². The topological polar surface area (TPSA) is 24.5 Å². The zero-order valence-electron chi connectivity index (χ0n) is 13.5. The predicted molar refractivity (Wildman–Crippen MR) is 90.8 cm³/mol. The molecule has 1 aromatic carbocycles. The lowest BCUT2D eigenvalue weighted by atomic mass is 10.1. The van der Waals surface area contributed by atoms with E-state index in [1.165, 1.54) is 6.07 Å². The lowest BCUT2D eigenvalue weighted by molar-refractivity contribution is 0.199. The molecule has 0 fully saturated rings. The molecule has 1 unspecified atom stereocenters. The Bertz CT molecular complexity index is 417. The van der Waals surface area contributed by atoms with Crippen LogP contribution in [0.4, 0.5) is 10.1 Å². The SMILES string of the molecule is COCCNCc1c(F)cccc1N(C)C(C)CCSC. The molecule has 1 atom stereocenters. The summed E-state index contributed by atoms with van der Waals surface area (Å²) in [6.07, 6.45) is 3.20. The lowest BCUT2D eigenvalue weighted by Crippen LogP contribution is -2.31. The van der Waals surface area contributed by atoms with Crippen molar-refractivity contribution in [2.24, 2.45) is 0 Å². The van der Waals surface area contributed by atoms with Gasteiger partial charge >= 0.3 is 0 Å². The third-order valence-electron chi connectivity index (χ3n) is 3.66. The molecule has 0 amide bonds. The van der Waals surface area contributed by atoms with Crippen molar-refractivity contribution in [3.63, 3.8) is 0 Å². The summed E-state index contributed by atoms with van der Waals surface area (Å²) >= 11 is 1.84. The Hall–Kier alpha value is -0.780. The molecule has 0 aromatic heterocycles. The van der Waals surface area contributed by atoms with Gasteiger partial charge in [-0.05, 0) is 37.5 Å². The van der Waals surface area contributed by atoms with E-state index in [0.29, 0.717) is 19.2 Å². The highest BCUT2D eigenvalue weighted by atomic mass is 32.2. The molecular weight excluding hydrogens is 287 g/mol. The minimum atomic E-state index is -0.152. The van der Waals surface area contributed by atoms with Crippen LogP contribution in [0, 0.1) is 5.82 Å². The molecule has 1 aromatic rings. The van der Waals surface area contributed by atoms with Gasteiger partial charge in [0.1, 0.15) is 5.82 Å². The van der Waals surface area contributed by atoms with Crippen LogP contribution < -0.4 is 10.2 Å². The maximum absolute atomic E-state index is 14.1. The van der Waals surface area contributed by atoms with E-state index in [-0.39, 0.29) is 5.82 Å². The molecule has 0 aliphatic carbocycles. The summed E-state index contributed by atoms with van der Waals surface area (Å²) in [5.74, 6) is 0.962. The molecule has 0 bridgehead atoms. The van der Waals surface area contributed by atoms with Crippen LogP contribution in [0.2, 0.25) is 0 Å².